The van der Waals surface area contributed by atoms with E-state index in [1.807, 2.05) is 0 Å². The highest BCUT2D eigenvalue weighted by molar-refractivity contribution is 5.25. The molecule has 2 rings (SSSR count). The highest BCUT2D eigenvalue weighted by Crippen LogP contribution is 2.28. The summed E-state index contributed by atoms with van der Waals surface area (Å²) in [5, 5.41) is 3.43. The maximum absolute atomic E-state index is 3.43. The second-order valence-electron chi connectivity index (χ2n) is 6.01. The van der Waals surface area contributed by atoms with Gasteiger partial charge in [-0.25, -0.2) is 0 Å². The van der Waals surface area contributed by atoms with Gasteiger partial charge < -0.3 is 9.88 Å². The first-order chi connectivity index (χ1) is 7.48. The molecule has 2 heterocycles. The van der Waals surface area contributed by atoms with Crippen LogP contribution in [0.1, 0.15) is 50.9 Å². The van der Waals surface area contributed by atoms with Crippen molar-refractivity contribution in [2.75, 3.05) is 13.1 Å². The molecule has 1 aliphatic rings. The Balaban J connectivity index is 2.24. The fourth-order valence-electron chi connectivity index (χ4n) is 2.48. The Morgan fingerprint density at radius 3 is 2.38 bits per heavy atom. The van der Waals surface area contributed by atoms with Gasteiger partial charge >= 0.3 is 0 Å². The molecule has 2 heteroatoms. The maximum Gasteiger partial charge on any atom is 0.0357 e. The van der Waals surface area contributed by atoms with E-state index in [9.17, 15) is 0 Å². The zero-order valence-electron chi connectivity index (χ0n) is 11.0. The minimum Gasteiger partial charge on any atom is -0.348 e. The van der Waals surface area contributed by atoms with E-state index >= 15 is 0 Å². The standard InChI is InChI=1S/C14H24N2/c1-11-9-12(14(2,3)4)10-16(11)13-5-7-15-8-6-13/h9-10,13,15H,5-8H2,1-4H3. The van der Waals surface area contributed by atoms with Crippen molar-refractivity contribution in [2.45, 2.75) is 52.0 Å². The molecule has 1 saturated heterocycles. The minimum atomic E-state index is 0.267. The first kappa shape index (κ1) is 11.7. The largest absolute Gasteiger partial charge is 0.348 e. The Labute approximate surface area is 99.0 Å². The molecule has 0 bridgehead atoms. The van der Waals surface area contributed by atoms with Crippen LogP contribution in [0, 0.1) is 6.92 Å². The molecule has 90 valence electrons. The quantitative estimate of drug-likeness (QED) is 0.770. The zero-order valence-corrected chi connectivity index (χ0v) is 11.0. The van der Waals surface area contributed by atoms with Gasteiger partial charge in [0.2, 0.25) is 0 Å². The Morgan fingerprint density at radius 2 is 1.88 bits per heavy atom. The van der Waals surface area contributed by atoms with Gasteiger partial charge in [-0.3, -0.25) is 0 Å². The number of hydrogen-bond donors (Lipinski definition) is 1. The van der Waals surface area contributed by atoms with E-state index in [0.29, 0.717) is 6.04 Å². The van der Waals surface area contributed by atoms with E-state index in [-0.39, 0.29) is 5.41 Å². The molecule has 0 amide bonds. The number of hydrogen-bond acceptors (Lipinski definition) is 1. The summed E-state index contributed by atoms with van der Waals surface area (Å²) in [6, 6.07) is 3.06. The van der Waals surface area contributed by atoms with Crippen LogP contribution in [-0.4, -0.2) is 17.7 Å². The lowest BCUT2D eigenvalue weighted by molar-refractivity contribution is 0.364. The molecular formula is C14H24N2. The molecule has 2 nitrogen and oxygen atoms in total. The molecule has 0 aromatic carbocycles. The van der Waals surface area contributed by atoms with Gasteiger partial charge in [0.1, 0.15) is 0 Å². The van der Waals surface area contributed by atoms with Crippen LogP contribution in [0.2, 0.25) is 0 Å². The summed E-state index contributed by atoms with van der Waals surface area (Å²) < 4.78 is 2.49. The molecule has 1 aromatic rings. The van der Waals surface area contributed by atoms with Gasteiger partial charge in [-0.15, -0.1) is 0 Å². The minimum absolute atomic E-state index is 0.267. The van der Waals surface area contributed by atoms with Gasteiger partial charge in [0.25, 0.3) is 0 Å². The van der Waals surface area contributed by atoms with Crippen LogP contribution < -0.4 is 5.32 Å². The predicted octanol–water partition coefficient (Wildman–Crippen LogP) is 3.02. The van der Waals surface area contributed by atoms with E-state index < -0.39 is 0 Å². The van der Waals surface area contributed by atoms with Gasteiger partial charge in [0.05, 0.1) is 0 Å². The van der Waals surface area contributed by atoms with Crippen LogP contribution in [-0.2, 0) is 5.41 Å². The Morgan fingerprint density at radius 1 is 1.25 bits per heavy atom. The smallest absolute Gasteiger partial charge is 0.0357 e. The summed E-state index contributed by atoms with van der Waals surface area (Å²) in [4.78, 5) is 0. The van der Waals surface area contributed by atoms with Crippen LogP contribution in [0.15, 0.2) is 12.3 Å². The SMILES string of the molecule is Cc1cc(C(C)(C)C)cn1C1CCNCC1. The van der Waals surface area contributed by atoms with Gasteiger partial charge in [-0.2, -0.15) is 0 Å². The molecule has 1 aliphatic heterocycles. The molecule has 0 atom stereocenters. The maximum atomic E-state index is 3.43. The predicted molar refractivity (Wildman–Crippen MR) is 69.0 cm³/mol. The van der Waals surface area contributed by atoms with Crippen LogP contribution in [0.3, 0.4) is 0 Å². The molecule has 16 heavy (non-hydrogen) atoms. The molecule has 0 spiro atoms. The van der Waals surface area contributed by atoms with Crippen molar-refractivity contribution in [2.24, 2.45) is 0 Å². The summed E-state index contributed by atoms with van der Waals surface area (Å²) in [6.45, 7) is 11.4. The molecule has 1 fully saturated rings. The highest BCUT2D eigenvalue weighted by Gasteiger charge is 2.20. The van der Waals surface area contributed by atoms with E-state index in [2.05, 4.69) is 49.8 Å². The van der Waals surface area contributed by atoms with Crippen molar-refractivity contribution < 1.29 is 0 Å². The molecular weight excluding hydrogens is 196 g/mol. The van der Waals surface area contributed by atoms with Crippen LogP contribution >= 0.6 is 0 Å². The Kier molecular flexibility index (Phi) is 3.11. The van der Waals surface area contributed by atoms with Crippen molar-refractivity contribution >= 4 is 0 Å². The third kappa shape index (κ3) is 2.32. The second-order valence-corrected chi connectivity index (χ2v) is 6.01. The van der Waals surface area contributed by atoms with Crippen molar-refractivity contribution in [3.05, 3.63) is 23.5 Å². The Hall–Kier alpha value is -0.760. The number of nitrogens with one attached hydrogen (secondary N) is 1. The Bertz CT molecular complexity index is 351. The summed E-state index contributed by atoms with van der Waals surface area (Å²) >= 11 is 0. The van der Waals surface area contributed by atoms with Gasteiger partial charge in [0, 0.05) is 17.9 Å². The molecule has 0 radical (unpaired) electrons. The fraction of sp³-hybridized carbons (Fsp3) is 0.714. The molecule has 1 aromatic heterocycles. The summed E-state index contributed by atoms with van der Waals surface area (Å²) in [6.07, 6.45) is 4.89. The third-order valence-corrected chi connectivity index (χ3v) is 3.62. The number of rotatable bonds is 1. The van der Waals surface area contributed by atoms with E-state index in [0.717, 1.165) is 13.1 Å². The summed E-state index contributed by atoms with van der Waals surface area (Å²) in [7, 11) is 0. The zero-order chi connectivity index (χ0) is 11.8. The first-order valence-corrected chi connectivity index (χ1v) is 6.38. The third-order valence-electron chi connectivity index (χ3n) is 3.62. The normalized spacial score (nSPS) is 19.0. The van der Waals surface area contributed by atoms with Crippen molar-refractivity contribution in [3.63, 3.8) is 0 Å². The lowest BCUT2D eigenvalue weighted by Gasteiger charge is -2.25. The van der Waals surface area contributed by atoms with E-state index in [4.69, 9.17) is 0 Å². The summed E-state index contributed by atoms with van der Waals surface area (Å²) in [5.74, 6) is 0. The molecule has 0 aliphatic carbocycles. The van der Waals surface area contributed by atoms with Crippen LogP contribution in [0.4, 0.5) is 0 Å². The molecule has 0 saturated carbocycles. The van der Waals surface area contributed by atoms with E-state index in [1.54, 1.807) is 0 Å². The monoisotopic (exact) mass is 220 g/mol. The van der Waals surface area contributed by atoms with Crippen LogP contribution in [0.25, 0.3) is 0 Å². The average Bonchev–Trinajstić information content (AvgIpc) is 2.61. The van der Waals surface area contributed by atoms with E-state index in [1.165, 1.54) is 24.1 Å². The van der Waals surface area contributed by atoms with Crippen molar-refractivity contribution in [3.8, 4) is 0 Å². The number of aryl methyl sites for hydroxylation is 1. The van der Waals surface area contributed by atoms with Crippen LogP contribution in [0.5, 0.6) is 0 Å². The average molecular weight is 220 g/mol. The number of piperidine rings is 1. The molecule has 0 unspecified atom stereocenters. The number of aromatic nitrogens is 1. The van der Waals surface area contributed by atoms with Crippen molar-refractivity contribution in [1.82, 2.24) is 9.88 Å². The topological polar surface area (TPSA) is 17.0 Å². The van der Waals surface area contributed by atoms with Gasteiger partial charge in [-0.1, -0.05) is 20.8 Å². The lowest BCUT2D eigenvalue weighted by Crippen LogP contribution is -2.29. The van der Waals surface area contributed by atoms with Gasteiger partial charge in [0.15, 0.2) is 0 Å². The highest BCUT2D eigenvalue weighted by atomic mass is 15.0. The van der Waals surface area contributed by atoms with Crippen molar-refractivity contribution in [1.29, 1.82) is 0 Å². The first-order valence-electron chi connectivity index (χ1n) is 6.38. The summed E-state index contributed by atoms with van der Waals surface area (Å²) in [5.41, 5.74) is 3.14. The molecule has 1 N–H and O–H groups in total. The van der Waals surface area contributed by atoms with Gasteiger partial charge in [-0.05, 0) is 49.9 Å². The number of nitrogens with zero attached hydrogens (tertiary/aromatic N) is 1. The lowest BCUT2D eigenvalue weighted by atomic mass is 9.89. The fourth-order valence-corrected chi connectivity index (χ4v) is 2.48. The second kappa shape index (κ2) is 4.25.